The Kier molecular flexibility index (Phi) is 6.71. The lowest BCUT2D eigenvalue weighted by molar-refractivity contribution is -0.132. The molecule has 2 aromatic rings. The molecule has 0 spiro atoms. The molecule has 28 heavy (non-hydrogen) atoms. The molecular formula is C21H25FN4O2. The molecule has 148 valence electrons. The molecule has 0 radical (unpaired) electrons. The molecule has 2 N–H and O–H groups in total. The topological polar surface area (TPSA) is 78.4 Å². The van der Waals surface area contributed by atoms with Gasteiger partial charge in [0.15, 0.2) is 0 Å². The number of aromatic nitrogens is 2. The summed E-state index contributed by atoms with van der Waals surface area (Å²) in [6.45, 7) is 4.23. The lowest BCUT2D eigenvalue weighted by atomic mass is 10.0. The Morgan fingerprint density at radius 1 is 1.36 bits per heavy atom. The second-order valence-corrected chi connectivity index (χ2v) is 7.08. The zero-order valence-corrected chi connectivity index (χ0v) is 15.9. The molecule has 0 bridgehead atoms. The normalized spacial score (nSPS) is 18.1. The largest absolute Gasteiger partial charge is 0.478 e. The maximum absolute atomic E-state index is 13.8. The number of hydrogen-bond acceptors (Lipinski definition) is 5. The van der Waals surface area contributed by atoms with E-state index in [0.717, 1.165) is 38.0 Å². The fourth-order valence-corrected chi connectivity index (χ4v) is 3.34. The fourth-order valence-electron chi connectivity index (χ4n) is 3.34. The molecule has 1 aromatic carbocycles. The van der Waals surface area contributed by atoms with Gasteiger partial charge in [0, 0.05) is 24.7 Å². The van der Waals surface area contributed by atoms with Crippen molar-refractivity contribution < 1.29 is 14.3 Å². The zero-order chi connectivity index (χ0) is 19.9. The Hall–Kier alpha value is -2.80. The first-order valence-electron chi connectivity index (χ1n) is 9.47. The number of carboxylic acids is 1. The van der Waals surface area contributed by atoms with Crippen LogP contribution in [0, 0.1) is 5.82 Å². The van der Waals surface area contributed by atoms with E-state index in [4.69, 9.17) is 5.11 Å². The molecule has 1 atom stereocenters. The second kappa shape index (κ2) is 9.41. The van der Waals surface area contributed by atoms with Gasteiger partial charge < -0.3 is 15.3 Å². The number of halogens is 1. The van der Waals surface area contributed by atoms with Crippen molar-refractivity contribution in [2.75, 3.05) is 25.0 Å². The van der Waals surface area contributed by atoms with Gasteiger partial charge in [0.25, 0.3) is 0 Å². The second-order valence-electron chi connectivity index (χ2n) is 7.08. The summed E-state index contributed by atoms with van der Waals surface area (Å²) in [5, 5.41) is 12.3. The number of rotatable bonds is 7. The smallest absolute Gasteiger partial charge is 0.331 e. The van der Waals surface area contributed by atoms with Gasteiger partial charge in [0.05, 0.1) is 18.1 Å². The van der Waals surface area contributed by atoms with E-state index in [2.05, 4.69) is 20.2 Å². The summed E-state index contributed by atoms with van der Waals surface area (Å²) in [5.74, 6) is -0.440. The molecule has 1 aliphatic heterocycles. The number of nitrogens with zero attached hydrogens (tertiary/aromatic N) is 3. The van der Waals surface area contributed by atoms with E-state index >= 15 is 0 Å². The fraction of sp³-hybridized carbons (Fsp3) is 0.381. The predicted octanol–water partition coefficient (Wildman–Crippen LogP) is 3.22. The first-order valence-corrected chi connectivity index (χ1v) is 9.47. The van der Waals surface area contributed by atoms with Crippen LogP contribution < -0.4 is 5.32 Å². The molecule has 0 amide bonds. The van der Waals surface area contributed by atoms with Crippen molar-refractivity contribution in [2.45, 2.75) is 32.2 Å². The summed E-state index contributed by atoms with van der Waals surface area (Å²) in [6.07, 6.45) is 7.48. The Balaban J connectivity index is 1.52. The highest BCUT2D eigenvalue weighted by Gasteiger charge is 2.20. The lowest BCUT2D eigenvalue weighted by Crippen LogP contribution is -2.43. The van der Waals surface area contributed by atoms with Gasteiger partial charge in [-0.05, 0) is 50.4 Å². The number of nitrogens with one attached hydrogen (secondary N) is 1. The van der Waals surface area contributed by atoms with E-state index in [0.29, 0.717) is 17.9 Å². The number of piperidine rings is 1. The molecule has 0 unspecified atom stereocenters. The zero-order valence-electron chi connectivity index (χ0n) is 15.9. The van der Waals surface area contributed by atoms with Crippen molar-refractivity contribution >= 4 is 17.9 Å². The molecule has 1 aromatic heterocycles. The highest BCUT2D eigenvalue weighted by molar-refractivity contribution is 5.91. The standard InChI is InChI=1S/C21H25FN4O2/c1-15(21(27)28)11-18-12-24-20(13-23-18)25-17-6-4-9-26(14-17)10-8-16-5-2-3-7-19(16)22/h2-3,5,7,11-13,17H,4,6,8-10,14H2,1H3,(H,24,25)(H,27,28)/b15-11+/t17-/m1/s1. The Labute approximate surface area is 164 Å². The number of hydrogen-bond donors (Lipinski definition) is 2. The van der Waals surface area contributed by atoms with Crippen LogP contribution in [0.1, 0.15) is 31.0 Å². The van der Waals surface area contributed by atoms with E-state index in [-0.39, 0.29) is 17.4 Å². The molecule has 1 fully saturated rings. The minimum absolute atomic E-state index is 0.142. The van der Waals surface area contributed by atoms with E-state index < -0.39 is 5.97 Å². The predicted molar refractivity (Wildman–Crippen MR) is 107 cm³/mol. The molecule has 7 heteroatoms. The van der Waals surface area contributed by atoms with Crippen molar-refractivity contribution in [3.05, 3.63) is 59.3 Å². The van der Waals surface area contributed by atoms with Gasteiger partial charge in [-0.15, -0.1) is 0 Å². The van der Waals surface area contributed by atoms with Crippen LogP contribution in [-0.2, 0) is 11.2 Å². The van der Waals surface area contributed by atoms with Gasteiger partial charge in [-0.2, -0.15) is 0 Å². The number of carbonyl (C=O) groups is 1. The van der Waals surface area contributed by atoms with Crippen molar-refractivity contribution in [1.82, 2.24) is 14.9 Å². The van der Waals surface area contributed by atoms with Gasteiger partial charge in [-0.3, -0.25) is 4.98 Å². The van der Waals surface area contributed by atoms with Crippen molar-refractivity contribution in [2.24, 2.45) is 0 Å². The van der Waals surface area contributed by atoms with Crippen LogP contribution in [0.25, 0.3) is 6.08 Å². The summed E-state index contributed by atoms with van der Waals surface area (Å²) in [7, 11) is 0. The summed E-state index contributed by atoms with van der Waals surface area (Å²) in [5.41, 5.74) is 1.48. The van der Waals surface area contributed by atoms with E-state index in [1.165, 1.54) is 19.1 Å². The quantitative estimate of drug-likeness (QED) is 0.714. The highest BCUT2D eigenvalue weighted by atomic mass is 19.1. The molecule has 0 aliphatic carbocycles. The summed E-state index contributed by atoms with van der Waals surface area (Å²) in [4.78, 5) is 21.8. The van der Waals surface area contributed by atoms with Crippen LogP contribution in [0.4, 0.5) is 10.2 Å². The van der Waals surface area contributed by atoms with Crippen LogP contribution in [0.2, 0.25) is 0 Å². The van der Waals surface area contributed by atoms with Crippen LogP contribution in [-0.4, -0.2) is 51.6 Å². The van der Waals surface area contributed by atoms with Gasteiger partial charge in [0.1, 0.15) is 11.6 Å². The molecule has 2 heterocycles. The number of anilines is 1. The van der Waals surface area contributed by atoms with Crippen molar-refractivity contribution in [3.63, 3.8) is 0 Å². The summed E-state index contributed by atoms with van der Waals surface area (Å²) < 4.78 is 13.8. The van der Waals surface area contributed by atoms with E-state index in [1.54, 1.807) is 18.5 Å². The van der Waals surface area contributed by atoms with Crippen LogP contribution >= 0.6 is 0 Å². The van der Waals surface area contributed by atoms with E-state index in [1.807, 2.05) is 12.1 Å². The maximum atomic E-state index is 13.8. The molecule has 0 saturated carbocycles. The summed E-state index contributed by atoms with van der Waals surface area (Å²) in [6, 6.07) is 7.18. The van der Waals surface area contributed by atoms with Crippen LogP contribution in [0.15, 0.2) is 42.2 Å². The minimum Gasteiger partial charge on any atom is -0.478 e. The average molecular weight is 384 g/mol. The SMILES string of the molecule is C/C(=C\c1cnc(N[C@@H]2CCCN(CCc3ccccc3F)C2)cn1)C(=O)O. The Morgan fingerprint density at radius 3 is 2.89 bits per heavy atom. The first-order chi connectivity index (χ1) is 13.5. The summed E-state index contributed by atoms with van der Waals surface area (Å²) >= 11 is 0. The Morgan fingerprint density at radius 2 is 2.18 bits per heavy atom. The Bertz CT molecular complexity index is 839. The van der Waals surface area contributed by atoms with Crippen LogP contribution in [0.5, 0.6) is 0 Å². The monoisotopic (exact) mass is 384 g/mol. The maximum Gasteiger partial charge on any atom is 0.331 e. The number of aliphatic carboxylic acids is 1. The molecule has 3 rings (SSSR count). The van der Waals surface area contributed by atoms with Crippen LogP contribution in [0.3, 0.4) is 0 Å². The van der Waals surface area contributed by atoms with Gasteiger partial charge in [-0.25, -0.2) is 14.2 Å². The molecular weight excluding hydrogens is 359 g/mol. The number of benzene rings is 1. The molecule has 6 nitrogen and oxygen atoms in total. The third-order valence-electron chi connectivity index (χ3n) is 4.89. The molecule has 1 saturated heterocycles. The lowest BCUT2D eigenvalue weighted by Gasteiger charge is -2.33. The number of likely N-dealkylation sites (tertiary alicyclic amines) is 1. The first kappa shape index (κ1) is 19.9. The van der Waals surface area contributed by atoms with Crippen molar-refractivity contribution in [1.29, 1.82) is 0 Å². The third-order valence-corrected chi connectivity index (χ3v) is 4.89. The third kappa shape index (κ3) is 5.60. The van der Waals surface area contributed by atoms with Crippen molar-refractivity contribution in [3.8, 4) is 0 Å². The minimum atomic E-state index is -0.971. The van der Waals surface area contributed by atoms with Gasteiger partial charge in [0.2, 0.25) is 0 Å². The van der Waals surface area contributed by atoms with Gasteiger partial charge in [-0.1, -0.05) is 18.2 Å². The average Bonchev–Trinajstić information content (AvgIpc) is 2.69. The van der Waals surface area contributed by atoms with E-state index in [9.17, 15) is 9.18 Å². The molecule has 1 aliphatic rings. The van der Waals surface area contributed by atoms with Gasteiger partial charge >= 0.3 is 5.97 Å². The number of carboxylic acid groups (broad SMARTS) is 1. The highest BCUT2D eigenvalue weighted by Crippen LogP contribution is 2.16.